The number of rotatable bonds is 1. The van der Waals surface area contributed by atoms with Gasteiger partial charge in [0, 0.05) is 6.54 Å². The molecule has 1 aliphatic heterocycles. The van der Waals surface area contributed by atoms with E-state index in [1.165, 1.54) is 24.8 Å². The molecular formula is C11H19NO. The maximum Gasteiger partial charge on any atom is 0.0719 e. The first-order valence-electron chi connectivity index (χ1n) is 5.27. The molecule has 2 rings (SSSR count). The summed E-state index contributed by atoms with van der Waals surface area (Å²) in [7, 11) is 0. The van der Waals surface area contributed by atoms with Crippen LogP contribution in [0.1, 0.15) is 39.0 Å². The van der Waals surface area contributed by atoms with Crippen molar-refractivity contribution >= 4 is 0 Å². The minimum absolute atomic E-state index is 0.240. The van der Waals surface area contributed by atoms with Gasteiger partial charge in [-0.15, -0.1) is 0 Å². The van der Waals surface area contributed by atoms with E-state index in [9.17, 15) is 0 Å². The van der Waals surface area contributed by atoms with E-state index in [4.69, 9.17) is 10.5 Å². The average Bonchev–Trinajstić information content (AvgIpc) is 2.14. The van der Waals surface area contributed by atoms with Gasteiger partial charge in [0.2, 0.25) is 0 Å². The van der Waals surface area contributed by atoms with Crippen molar-refractivity contribution in [2.45, 2.75) is 44.6 Å². The highest BCUT2D eigenvalue weighted by Gasteiger charge is 2.40. The van der Waals surface area contributed by atoms with Crippen LogP contribution in [0.25, 0.3) is 0 Å². The van der Waals surface area contributed by atoms with Crippen LogP contribution in [-0.2, 0) is 4.74 Å². The van der Waals surface area contributed by atoms with Crippen LogP contribution in [0.5, 0.6) is 0 Å². The third-order valence-corrected chi connectivity index (χ3v) is 3.52. The predicted molar refractivity (Wildman–Crippen MR) is 53.5 cm³/mol. The highest BCUT2D eigenvalue weighted by molar-refractivity contribution is 5.19. The van der Waals surface area contributed by atoms with Gasteiger partial charge in [0.05, 0.1) is 12.2 Å². The standard InChI is InChI=1S/C11H19NO/c1-9(8-12)10-3-6-13-11(7-10)4-2-5-11/h2-8,12H2,1H3. The molecule has 0 radical (unpaired) electrons. The van der Waals surface area contributed by atoms with E-state index < -0.39 is 0 Å². The number of ether oxygens (including phenoxy) is 1. The summed E-state index contributed by atoms with van der Waals surface area (Å²) in [5, 5.41) is 0. The van der Waals surface area contributed by atoms with E-state index in [-0.39, 0.29) is 5.60 Å². The number of nitrogens with two attached hydrogens (primary N) is 1. The molecule has 0 amide bonds. The summed E-state index contributed by atoms with van der Waals surface area (Å²) in [6.07, 6.45) is 6.11. The molecule has 0 aromatic heterocycles. The molecule has 2 heteroatoms. The third kappa shape index (κ3) is 1.65. The molecule has 2 fully saturated rings. The maximum absolute atomic E-state index is 5.85. The molecular weight excluding hydrogens is 162 g/mol. The Hall–Kier alpha value is -0.340. The Bertz CT molecular complexity index is 228. The fourth-order valence-corrected chi connectivity index (χ4v) is 2.32. The van der Waals surface area contributed by atoms with Gasteiger partial charge in [-0.3, -0.25) is 0 Å². The van der Waals surface area contributed by atoms with Crippen molar-refractivity contribution in [1.29, 1.82) is 0 Å². The van der Waals surface area contributed by atoms with Gasteiger partial charge in [-0.05, 0) is 39.0 Å². The highest BCUT2D eigenvalue weighted by atomic mass is 16.5. The van der Waals surface area contributed by atoms with Gasteiger partial charge in [0.1, 0.15) is 0 Å². The first kappa shape index (κ1) is 9.22. The topological polar surface area (TPSA) is 35.2 Å². The van der Waals surface area contributed by atoms with Crippen LogP contribution in [0.3, 0.4) is 0 Å². The summed E-state index contributed by atoms with van der Waals surface area (Å²) < 4.78 is 5.85. The van der Waals surface area contributed by atoms with Gasteiger partial charge in [0.15, 0.2) is 0 Å². The molecule has 1 saturated carbocycles. The van der Waals surface area contributed by atoms with Crippen molar-refractivity contribution in [1.82, 2.24) is 0 Å². The van der Waals surface area contributed by atoms with Gasteiger partial charge in [-0.25, -0.2) is 0 Å². The Morgan fingerprint density at radius 3 is 2.85 bits per heavy atom. The van der Waals surface area contributed by atoms with E-state index in [0.717, 1.165) is 19.4 Å². The lowest BCUT2D eigenvalue weighted by molar-refractivity contribution is -0.112. The lowest BCUT2D eigenvalue weighted by Gasteiger charge is -2.45. The van der Waals surface area contributed by atoms with Crippen LogP contribution in [0.4, 0.5) is 0 Å². The largest absolute Gasteiger partial charge is 0.374 e. The summed E-state index contributed by atoms with van der Waals surface area (Å²) in [4.78, 5) is 0. The van der Waals surface area contributed by atoms with Crippen molar-refractivity contribution in [2.75, 3.05) is 13.2 Å². The molecule has 0 unspecified atom stereocenters. The van der Waals surface area contributed by atoms with Crippen molar-refractivity contribution in [2.24, 2.45) is 5.73 Å². The SMILES string of the molecule is CC(CN)=C1CCOC2(CCC2)C1. The molecule has 13 heavy (non-hydrogen) atoms. The minimum Gasteiger partial charge on any atom is -0.374 e. The second-order valence-corrected chi connectivity index (χ2v) is 4.40. The third-order valence-electron chi connectivity index (χ3n) is 3.52. The quantitative estimate of drug-likeness (QED) is 0.628. The van der Waals surface area contributed by atoms with Crippen LogP contribution in [-0.4, -0.2) is 18.8 Å². The molecule has 74 valence electrons. The molecule has 1 saturated heterocycles. The maximum atomic E-state index is 5.85. The fourth-order valence-electron chi connectivity index (χ4n) is 2.32. The lowest BCUT2D eigenvalue weighted by Crippen LogP contribution is -2.43. The first-order chi connectivity index (χ1) is 6.26. The first-order valence-corrected chi connectivity index (χ1v) is 5.27. The van der Waals surface area contributed by atoms with Gasteiger partial charge >= 0.3 is 0 Å². The van der Waals surface area contributed by atoms with Crippen molar-refractivity contribution in [3.63, 3.8) is 0 Å². The van der Waals surface area contributed by atoms with Crippen LogP contribution in [0, 0.1) is 0 Å². The molecule has 2 nitrogen and oxygen atoms in total. The molecule has 1 aliphatic carbocycles. The summed E-state index contributed by atoms with van der Waals surface area (Å²) in [6, 6.07) is 0. The van der Waals surface area contributed by atoms with E-state index in [2.05, 4.69) is 6.92 Å². The second-order valence-electron chi connectivity index (χ2n) is 4.40. The minimum atomic E-state index is 0.240. The summed E-state index contributed by atoms with van der Waals surface area (Å²) in [5.74, 6) is 0. The van der Waals surface area contributed by atoms with E-state index in [0.29, 0.717) is 6.54 Å². The Balaban J connectivity index is 2.07. The Morgan fingerprint density at radius 1 is 1.54 bits per heavy atom. The zero-order valence-electron chi connectivity index (χ0n) is 8.44. The van der Waals surface area contributed by atoms with Crippen LogP contribution < -0.4 is 5.73 Å². The van der Waals surface area contributed by atoms with Gasteiger partial charge in [0.25, 0.3) is 0 Å². The summed E-state index contributed by atoms with van der Waals surface area (Å²) >= 11 is 0. The normalized spacial score (nSPS) is 30.0. The Morgan fingerprint density at radius 2 is 2.31 bits per heavy atom. The van der Waals surface area contributed by atoms with Crippen LogP contribution in [0.2, 0.25) is 0 Å². The second kappa shape index (κ2) is 3.43. The molecule has 0 aromatic rings. The van der Waals surface area contributed by atoms with E-state index in [1.54, 1.807) is 5.57 Å². The lowest BCUT2D eigenvalue weighted by atomic mass is 9.73. The molecule has 1 heterocycles. The van der Waals surface area contributed by atoms with Gasteiger partial charge in [-0.2, -0.15) is 0 Å². The summed E-state index contributed by atoms with van der Waals surface area (Å²) in [6.45, 7) is 3.78. The monoisotopic (exact) mass is 181 g/mol. The summed E-state index contributed by atoms with van der Waals surface area (Å²) in [5.41, 5.74) is 8.84. The predicted octanol–water partition coefficient (Wildman–Crippen LogP) is 1.99. The van der Waals surface area contributed by atoms with Gasteiger partial charge in [-0.1, -0.05) is 11.1 Å². The van der Waals surface area contributed by atoms with E-state index >= 15 is 0 Å². The highest BCUT2D eigenvalue weighted by Crippen LogP contribution is 2.44. The Labute approximate surface area is 80.1 Å². The van der Waals surface area contributed by atoms with Crippen molar-refractivity contribution < 1.29 is 4.74 Å². The average molecular weight is 181 g/mol. The molecule has 0 atom stereocenters. The molecule has 2 N–H and O–H groups in total. The smallest absolute Gasteiger partial charge is 0.0719 e. The van der Waals surface area contributed by atoms with Gasteiger partial charge < -0.3 is 10.5 Å². The molecule has 0 aromatic carbocycles. The molecule has 1 spiro atoms. The molecule has 0 bridgehead atoms. The van der Waals surface area contributed by atoms with Crippen LogP contribution in [0.15, 0.2) is 11.1 Å². The fraction of sp³-hybridized carbons (Fsp3) is 0.818. The van der Waals surface area contributed by atoms with Crippen molar-refractivity contribution in [3.8, 4) is 0 Å². The zero-order chi connectivity index (χ0) is 9.31. The zero-order valence-corrected chi connectivity index (χ0v) is 8.44. The van der Waals surface area contributed by atoms with Crippen LogP contribution >= 0.6 is 0 Å². The number of hydrogen-bond donors (Lipinski definition) is 1. The Kier molecular flexibility index (Phi) is 2.43. The van der Waals surface area contributed by atoms with E-state index in [1.807, 2.05) is 0 Å². The number of hydrogen-bond acceptors (Lipinski definition) is 2. The van der Waals surface area contributed by atoms with Crippen molar-refractivity contribution in [3.05, 3.63) is 11.1 Å². The molecule has 2 aliphatic rings.